The van der Waals surface area contributed by atoms with Gasteiger partial charge in [0.05, 0.1) is 12.6 Å². The quantitative estimate of drug-likeness (QED) is 0.0642. The average Bonchev–Trinajstić information content (AvgIpc) is 3.29. The molecule has 0 fully saturated rings. The fraction of sp³-hybridized carbons (Fsp3) is 0.417. The number of H-pyrrole nitrogens is 1. The third kappa shape index (κ3) is 10.3. The Kier molecular flexibility index (Phi) is 11.7. The van der Waals surface area contributed by atoms with Gasteiger partial charge in [-0.3, -0.25) is 24.2 Å². The molecule has 0 aliphatic heterocycles. The number of hydrogen-bond donors (Lipinski definition) is 9. The van der Waals surface area contributed by atoms with Crippen molar-refractivity contribution < 1.29 is 34.2 Å². The van der Waals surface area contributed by atoms with Crippen LogP contribution in [-0.2, 0) is 30.4 Å². The van der Waals surface area contributed by atoms with E-state index in [1.165, 1.54) is 0 Å². The Morgan fingerprint density at radius 2 is 1.69 bits per heavy atom. The van der Waals surface area contributed by atoms with E-state index in [0.29, 0.717) is 12.0 Å². The smallest absolute Gasteiger partial charge is 0.326 e. The van der Waals surface area contributed by atoms with E-state index in [1.807, 2.05) is 18.2 Å². The number of carboxylic acid groups (broad SMARTS) is 2. The number of guanidine groups is 1. The van der Waals surface area contributed by atoms with Gasteiger partial charge in [-0.25, -0.2) is 4.79 Å². The predicted molar refractivity (Wildman–Crippen MR) is 141 cm³/mol. The first-order valence-electron chi connectivity index (χ1n) is 12.2. The largest absolute Gasteiger partial charge is 0.481 e. The van der Waals surface area contributed by atoms with Gasteiger partial charge in [0.15, 0.2) is 5.96 Å². The van der Waals surface area contributed by atoms with Gasteiger partial charge in [-0.15, -0.1) is 0 Å². The van der Waals surface area contributed by atoms with Crippen LogP contribution in [0, 0.1) is 0 Å². The number of amides is 3. The van der Waals surface area contributed by atoms with E-state index in [-0.39, 0.29) is 31.8 Å². The molecule has 3 amide bonds. The number of aliphatic imine (C=N–C) groups is 1. The van der Waals surface area contributed by atoms with E-state index in [4.69, 9.17) is 22.3 Å². The molecule has 0 bridgehead atoms. The summed E-state index contributed by atoms with van der Waals surface area (Å²) in [5.41, 5.74) is 17.7. The highest BCUT2D eigenvalue weighted by molar-refractivity contribution is 5.93. The molecule has 0 aliphatic rings. The Balaban J connectivity index is 1.97. The third-order valence-electron chi connectivity index (χ3n) is 5.74. The van der Waals surface area contributed by atoms with Crippen molar-refractivity contribution in [2.24, 2.45) is 22.2 Å². The molecule has 0 saturated carbocycles. The maximum absolute atomic E-state index is 12.9. The Labute approximate surface area is 223 Å². The minimum atomic E-state index is -1.36. The molecule has 1 aromatic heterocycles. The highest BCUT2D eigenvalue weighted by Crippen LogP contribution is 2.19. The molecule has 212 valence electrons. The van der Waals surface area contributed by atoms with Crippen LogP contribution < -0.4 is 33.2 Å². The fourth-order valence-electron chi connectivity index (χ4n) is 3.72. The number of hydrogen-bond acceptors (Lipinski definition) is 7. The molecule has 15 nitrogen and oxygen atoms in total. The van der Waals surface area contributed by atoms with Crippen molar-refractivity contribution in [1.29, 1.82) is 0 Å². The number of aromatic nitrogens is 1. The van der Waals surface area contributed by atoms with Gasteiger partial charge < -0.3 is 48.3 Å². The molecule has 15 heteroatoms. The third-order valence-corrected chi connectivity index (χ3v) is 5.74. The van der Waals surface area contributed by atoms with Gasteiger partial charge in [0, 0.05) is 36.5 Å². The van der Waals surface area contributed by atoms with Crippen LogP contribution in [0.2, 0.25) is 0 Å². The molecule has 12 N–H and O–H groups in total. The number of aromatic amines is 1. The van der Waals surface area contributed by atoms with Crippen molar-refractivity contribution in [2.75, 3.05) is 13.1 Å². The number of benzene rings is 1. The minimum Gasteiger partial charge on any atom is -0.481 e. The zero-order chi connectivity index (χ0) is 28.9. The van der Waals surface area contributed by atoms with E-state index < -0.39 is 60.8 Å². The minimum absolute atomic E-state index is 0.0538. The van der Waals surface area contributed by atoms with Crippen molar-refractivity contribution in [1.82, 2.24) is 20.9 Å². The van der Waals surface area contributed by atoms with Crippen molar-refractivity contribution in [3.63, 3.8) is 0 Å². The molecule has 0 aliphatic carbocycles. The molecule has 2 aromatic rings. The number of nitrogens with zero attached hydrogens (tertiary/aromatic N) is 1. The number of fused-ring (bicyclic) bond motifs is 1. The molecule has 2 rings (SSSR count). The van der Waals surface area contributed by atoms with E-state index >= 15 is 0 Å². The first-order valence-corrected chi connectivity index (χ1v) is 12.2. The topological polar surface area (TPSA) is 268 Å². The summed E-state index contributed by atoms with van der Waals surface area (Å²) in [5.74, 6) is -4.89. The molecule has 0 saturated heterocycles. The molecule has 3 unspecified atom stereocenters. The van der Waals surface area contributed by atoms with Gasteiger partial charge in [0.25, 0.3) is 0 Å². The highest BCUT2D eigenvalue weighted by atomic mass is 16.4. The molecular weight excluding hydrogens is 512 g/mol. The Bertz CT molecular complexity index is 1210. The van der Waals surface area contributed by atoms with Crippen LogP contribution >= 0.6 is 0 Å². The van der Waals surface area contributed by atoms with E-state index in [2.05, 4.69) is 25.9 Å². The van der Waals surface area contributed by atoms with Crippen LogP contribution in [0.4, 0.5) is 0 Å². The summed E-state index contributed by atoms with van der Waals surface area (Å²) in [6, 6.07) is 3.61. The van der Waals surface area contributed by atoms with Gasteiger partial charge in [0.2, 0.25) is 17.7 Å². The SMILES string of the molecule is NC(N)=NCCCC(N)C(=O)NCC(=O)NC(CCC(=O)O)C(=O)NC(Cc1c[nH]c2ccccc12)C(=O)O. The van der Waals surface area contributed by atoms with E-state index in [9.17, 15) is 29.1 Å². The predicted octanol–water partition coefficient (Wildman–Crippen LogP) is -1.87. The van der Waals surface area contributed by atoms with Crippen molar-refractivity contribution in [3.8, 4) is 0 Å². The van der Waals surface area contributed by atoms with Crippen LogP contribution in [0.15, 0.2) is 35.5 Å². The number of nitrogens with two attached hydrogens (primary N) is 3. The fourth-order valence-corrected chi connectivity index (χ4v) is 3.72. The first kappa shape index (κ1) is 30.6. The number of carboxylic acids is 2. The van der Waals surface area contributed by atoms with Crippen LogP contribution in [-0.4, -0.2) is 82.0 Å². The summed E-state index contributed by atoms with van der Waals surface area (Å²) >= 11 is 0. The van der Waals surface area contributed by atoms with Crippen molar-refractivity contribution in [3.05, 3.63) is 36.0 Å². The second-order valence-electron chi connectivity index (χ2n) is 8.79. The number of carbonyl (C=O) groups is 5. The molecule has 0 spiro atoms. The number of para-hydroxylation sites is 1. The summed E-state index contributed by atoms with van der Waals surface area (Å²) < 4.78 is 0. The second kappa shape index (κ2) is 14.9. The van der Waals surface area contributed by atoms with Crippen molar-refractivity contribution >= 4 is 46.5 Å². The average molecular weight is 547 g/mol. The lowest BCUT2D eigenvalue weighted by atomic mass is 10.0. The number of rotatable bonds is 16. The maximum atomic E-state index is 12.9. The second-order valence-corrected chi connectivity index (χ2v) is 8.79. The highest BCUT2D eigenvalue weighted by Gasteiger charge is 2.28. The standard InChI is InChI=1S/C24H34N8O7/c25-15(5-3-9-28-24(26)27)21(36)30-12-19(33)31-17(7-8-20(34)35)22(37)32-18(23(38)39)10-13-11-29-16-6-2-1-4-14(13)16/h1-2,4,6,11,15,17-18,29H,3,5,7-10,12,25H2,(H,30,36)(H,31,33)(H,32,37)(H,34,35)(H,38,39)(H4,26,27,28). The van der Waals surface area contributed by atoms with Crippen molar-refractivity contribution in [2.45, 2.75) is 50.2 Å². The zero-order valence-corrected chi connectivity index (χ0v) is 21.2. The van der Waals surface area contributed by atoms with Gasteiger partial charge >= 0.3 is 11.9 Å². The first-order chi connectivity index (χ1) is 18.5. The normalized spacial score (nSPS) is 13.1. The molecule has 0 radical (unpaired) electrons. The molecule has 1 aromatic carbocycles. The summed E-state index contributed by atoms with van der Waals surface area (Å²) in [6.07, 6.45) is 1.50. The lowest BCUT2D eigenvalue weighted by Crippen LogP contribution is -2.54. The molecule has 39 heavy (non-hydrogen) atoms. The summed E-state index contributed by atoms with van der Waals surface area (Å²) in [5, 5.41) is 26.6. The van der Waals surface area contributed by atoms with Crippen LogP contribution in [0.3, 0.4) is 0 Å². The van der Waals surface area contributed by atoms with E-state index in [1.54, 1.807) is 12.3 Å². The molecule has 3 atom stereocenters. The molecule has 1 heterocycles. The summed E-state index contributed by atoms with van der Waals surface area (Å²) in [7, 11) is 0. The Hall–Kier alpha value is -4.66. The van der Waals surface area contributed by atoms with Crippen LogP contribution in [0.1, 0.15) is 31.2 Å². The van der Waals surface area contributed by atoms with Crippen LogP contribution in [0.25, 0.3) is 10.9 Å². The maximum Gasteiger partial charge on any atom is 0.326 e. The Morgan fingerprint density at radius 1 is 0.974 bits per heavy atom. The van der Waals surface area contributed by atoms with Gasteiger partial charge in [-0.2, -0.15) is 0 Å². The Morgan fingerprint density at radius 3 is 2.36 bits per heavy atom. The summed E-state index contributed by atoms with van der Waals surface area (Å²) in [4.78, 5) is 67.3. The zero-order valence-electron chi connectivity index (χ0n) is 21.2. The monoisotopic (exact) mass is 546 g/mol. The number of nitrogens with one attached hydrogen (secondary N) is 4. The van der Waals surface area contributed by atoms with Gasteiger partial charge in [0.1, 0.15) is 12.1 Å². The number of carbonyl (C=O) groups excluding carboxylic acids is 3. The molecular formula is C24H34N8O7. The van der Waals surface area contributed by atoms with E-state index in [0.717, 1.165) is 10.9 Å². The number of aliphatic carboxylic acids is 2. The van der Waals surface area contributed by atoms with Gasteiger partial charge in [-0.1, -0.05) is 18.2 Å². The van der Waals surface area contributed by atoms with Gasteiger partial charge in [-0.05, 0) is 30.9 Å². The lowest BCUT2D eigenvalue weighted by molar-refractivity contribution is -0.143. The summed E-state index contributed by atoms with van der Waals surface area (Å²) in [6.45, 7) is -0.253. The lowest BCUT2D eigenvalue weighted by Gasteiger charge is -2.21. The van der Waals surface area contributed by atoms with Crippen LogP contribution in [0.5, 0.6) is 0 Å².